The minimum absolute atomic E-state index is 0.566. The molecule has 0 spiro atoms. The number of halogens is 1. The van der Waals surface area contributed by atoms with E-state index in [1.54, 1.807) is 0 Å². The van der Waals surface area contributed by atoms with Crippen molar-refractivity contribution in [2.24, 2.45) is 11.8 Å². The van der Waals surface area contributed by atoms with Crippen LogP contribution in [0.15, 0.2) is 18.3 Å². The molecule has 0 N–H and O–H groups in total. The smallest absolute Gasteiger partial charge is 0.128 e. The summed E-state index contributed by atoms with van der Waals surface area (Å²) in [5, 5.41) is 0. The normalized spacial score (nSPS) is 20.8. The number of alkyl halides is 1. The molecule has 1 atom stereocenters. The van der Waals surface area contributed by atoms with E-state index in [9.17, 15) is 0 Å². The van der Waals surface area contributed by atoms with Gasteiger partial charge in [0.1, 0.15) is 5.82 Å². The fraction of sp³-hybridized carbons (Fsp3) is 0.615. The van der Waals surface area contributed by atoms with Gasteiger partial charge in [-0.1, -0.05) is 13.8 Å². The van der Waals surface area contributed by atoms with Gasteiger partial charge in [0.05, 0.1) is 0 Å². The van der Waals surface area contributed by atoms with Gasteiger partial charge < -0.3 is 4.90 Å². The van der Waals surface area contributed by atoms with Gasteiger partial charge >= 0.3 is 0 Å². The summed E-state index contributed by atoms with van der Waals surface area (Å²) in [6.45, 7) is 6.87. The highest BCUT2D eigenvalue weighted by molar-refractivity contribution is 6.17. The summed E-state index contributed by atoms with van der Waals surface area (Å²) in [6, 6.07) is 4.09. The van der Waals surface area contributed by atoms with Crippen LogP contribution in [0.4, 0.5) is 5.82 Å². The van der Waals surface area contributed by atoms with Crippen molar-refractivity contribution < 1.29 is 0 Å². The first-order valence-corrected chi connectivity index (χ1v) is 6.50. The lowest BCUT2D eigenvalue weighted by Crippen LogP contribution is -2.22. The highest BCUT2D eigenvalue weighted by Crippen LogP contribution is 2.27. The molecule has 1 aliphatic rings. The van der Waals surface area contributed by atoms with Gasteiger partial charge in [-0.2, -0.15) is 0 Å². The Morgan fingerprint density at radius 3 is 3.00 bits per heavy atom. The number of hydrogen-bond donors (Lipinski definition) is 0. The summed E-state index contributed by atoms with van der Waals surface area (Å²) in [6.07, 6.45) is 3.14. The zero-order valence-electron chi connectivity index (χ0n) is 9.99. The molecule has 0 aliphatic carbocycles. The standard InChI is InChI=1S/C13H19ClN2/c1-10(2)12-4-6-16(9-12)13-7-11(8-14)3-5-15-13/h3,5,7,10,12H,4,6,8-9H2,1-2H3. The number of hydrogen-bond acceptors (Lipinski definition) is 2. The van der Waals surface area contributed by atoms with Crippen LogP contribution in [-0.4, -0.2) is 18.1 Å². The molecule has 0 amide bonds. The van der Waals surface area contributed by atoms with E-state index in [2.05, 4.69) is 29.8 Å². The van der Waals surface area contributed by atoms with E-state index >= 15 is 0 Å². The molecule has 1 aromatic heterocycles. The first kappa shape index (κ1) is 11.7. The number of aromatic nitrogens is 1. The first-order valence-electron chi connectivity index (χ1n) is 5.96. The van der Waals surface area contributed by atoms with Gasteiger partial charge in [-0.05, 0) is 36.0 Å². The van der Waals surface area contributed by atoms with E-state index in [-0.39, 0.29) is 0 Å². The van der Waals surface area contributed by atoms with Crippen molar-refractivity contribution >= 4 is 17.4 Å². The molecule has 1 aromatic rings. The molecule has 2 heterocycles. The third-order valence-corrected chi connectivity index (χ3v) is 3.76. The van der Waals surface area contributed by atoms with Gasteiger partial charge in [0.25, 0.3) is 0 Å². The third-order valence-electron chi connectivity index (χ3n) is 3.46. The Kier molecular flexibility index (Phi) is 3.70. The Bertz CT molecular complexity index is 352. The minimum atomic E-state index is 0.566. The van der Waals surface area contributed by atoms with Gasteiger partial charge in [0, 0.05) is 25.2 Å². The Labute approximate surface area is 103 Å². The lowest BCUT2D eigenvalue weighted by atomic mass is 9.95. The fourth-order valence-corrected chi connectivity index (χ4v) is 2.42. The summed E-state index contributed by atoms with van der Waals surface area (Å²) < 4.78 is 0. The SMILES string of the molecule is CC(C)C1CCN(c2cc(CCl)ccn2)C1. The van der Waals surface area contributed by atoms with Crippen molar-refractivity contribution in [2.45, 2.75) is 26.1 Å². The molecule has 3 heteroatoms. The molecule has 1 unspecified atom stereocenters. The molecule has 16 heavy (non-hydrogen) atoms. The van der Waals surface area contributed by atoms with Crippen molar-refractivity contribution in [3.8, 4) is 0 Å². The largest absolute Gasteiger partial charge is 0.356 e. The summed E-state index contributed by atoms with van der Waals surface area (Å²) in [7, 11) is 0. The molecule has 0 radical (unpaired) electrons. The number of nitrogens with zero attached hydrogens (tertiary/aromatic N) is 2. The molecule has 88 valence electrons. The number of rotatable bonds is 3. The van der Waals surface area contributed by atoms with Gasteiger partial charge in [0.15, 0.2) is 0 Å². The second-order valence-corrected chi connectivity index (χ2v) is 5.16. The molecule has 1 saturated heterocycles. The molecular formula is C13H19ClN2. The number of anilines is 1. The maximum Gasteiger partial charge on any atom is 0.128 e. The zero-order valence-corrected chi connectivity index (χ0v) is 10.7. The van der Waals surface area contributed by atoms with Crippen LogP contribution in [0.2, 0.25) is 0 Å². The summed E-state index contributed by atoms with van der Waals surface area (Å²) >= 11 is 5.84. The van der Waals surface area contributed by atoms with Gasteiger partial charge in [-0.15, -0.1) is 11.6 Å². The monoisotopic (exact) mass is 238 g/mol. The van der Waals surface area contributed by atoms with Crippen molar-refractivity contribution in [1.29, 1.82) is 0 Å². The number of pyridine rings is 1. The molecule has 0 aromatic carbocycles. The van der Waals surface area contributed by atoms with E-state index in [1.807, 2.05) is 12.3 Å². The summed E-state index contributed by atoms with van der Waals surface area (Å²) in [4.78, 5) is 6.81. The van der Waals surface area contributed by atoms with Gasteiger partial charge in [-0.3, -0.25) is 0 Å². The van der Waals surface area contributed by atoms with E-state index in [0.29, 0.717) is 5.88 Å². The van der Waals surface area contributed by atoms with E-state index in [4.69, 9.17) is 11.6 Å². The second kappa shape index (κ2) is 5.05. The predicted molar refractivity (Wildman–Crippen MR) is 69.0 cm³/mol. The van der Waals surface area contributed by atoms with Gasteiger partial charge in [-0.25, -0.2) is 4.98 Å². The second-order valence-electron chi connectivity index (χ2n) is 4.89. The Morgan fingerprint density at radius 2 is 2.38 bits per heavy atom. The average Bonchev–Trinajstić information content (AvgIpc) is 2.78. The quantitative estimate of drug-likeness (QED) is 0.752. The Hall–Kier alpha value is -0.760. The van der Waals surface area contributed by atoms with E-state index in [0.717, 1.165) is 36.3 Å². The predicted octanol–water partition coefficient (Wildman–Crippen LogP) is 3.30. The van der Waals surface area contributed by atoms with Crippen LogP contribution < -0.4 is 4.90 Å². The highest BCUT2D eigenvalue weighted by atomic mass is 35.5. The molecule has 1 fully saturated rings. The molecule has 2 rings (SSSR count). The van der Waals surface area contributed by atoms with E-state index < -0.39 is 0 Å². The van der Waals surface area contributed by atoms with Crippen molar-refractivity contribution in [2.75, 3.05) is 18.0 Å². The van der Waals surface area contributed by atoms with Crippen molar-refractivity contribution in [3.63, 3.8) is 0 Å². The lowest BCUT2D eigenvalue weighted by Gasteiger charge is -2.19. The van der Waals surface area contributed by atoms with Crippen LogP contribution in [-0.2, 0) is 5.88 Å². The maximum atomic E-state index is 5.84. The van der Waals surface area contributed by atoms with Crippen LogP contribution in [0.5, 0.6) is 0 Å². The van der Waals surface area contributed by atoms with Crippen molar-refractivity contribution in [3.05, 3.63) is 23.9 Å². The van der Waals surface area contributed by atoms with Gasteiger partial charge in [0.2, 0.25) is 0 Å². The van der Waals surface area contributed by atoms with Crippen molar-refractivity contribution in [1.82, 2.24) is 4.98 Å². The van der Waals surface area contributed by atoms with Crippen LogP contribution in [0.25, 0.3) is 0 Å². The van der Waals surface area contributed by atoms with E-state index in [1.165, 1.54) is 6.42 Å². The third kappa shape index (κ3) is 2.49. The molecule has 2 nitrogen and oxygen atoms in total. The van der Waals surface area contributed by atoms with Crippen LogP contribution in [0, 0.1) is 11.8 Å². The van der Waals surface area contributed by atoms with Crippen LogP contribution in [0.1, 0.15) is 25.8 Å². The summed E-state index contributed by atoms with van der Waals surface area (Å²) in [5.41, 5.74) is 1.15. The molecule has 1 aliphatic heterocycles. The minimum Gasteiger partial charge on any atom is -0.356 e. The Balaban J connectivity index is 2.08. The molecule has 0 bridgehead atoms. The summed E-state index contributed by atoms with van der Waals surface area (Å²) in [5.74, 6) is 3.22. The molecule has 0 saturated carbocycles. The topological polar surface area (TPSA) is 16.1 Å². The van der Waals surface area contributed by atoms with Crippen LogP contribution >= 0.6 is 11.6 Å². The Morgan fingerprint density at radius 1 is 1.56 bits per heavy atom. The highest BCUT2D eigenvalue weighted by Gasteiger charge is 2.25. The lowest BCUT2D eigenvalue weighted by molar-refractivity contribution is 0.422. The maximum absolute atomic E-state index is 5.84. The fourth-order valence-electron chi connectivity index (χ4n) is 2.26. The zero-order chi connectivity index (χ0) is 11.5. The first-order chi connectivity index (χ1) is 7.70. The average molecular weight is 239 g/mol. The molecular weight excluding hydrogens is 220 g/mol. The van der Waals surface area contributed by atoms with Crippen LogP contribution in [0.3, 0.4) is 0 Å².